The Bertz CT molecular complexity index is 283. The minimum Gasteiger partial charge on any atom is -0.465 e. The standard InChI is InChI=1S/C10H17ClN2O4/c1-3-13(7-9(15)17-4-2)10(16)12-8(14)5-6-11/h3-7H2,1-2H3,(H,12,14,16). The minimum atomic E-state index is -0.615. The second-order valence-electron chi connectivity index (χ2n) is 3.11. The Kier molecular flexibility index (Phi) is 8.13. The van der Waals surface area contributed by atoms with Gasteiger partial charge in [-0.1, -0.05) is 0 Å². The Balaban J connectivity index is 4.21. The van der Waals surface area contributed by atoms with E-state index in [2.05, 4.69) is 5.32 Å². The van der Waals surface area contributed by atoms with Gasteiger partial charge in [-0.25, -0.2) is 4.79 Å². The highest BCUT2D eigenvalue weighted by Gasteiger charge is 2.17. The van der Waals surface area contributed by atoms with E-state index in [1.807, 2.05) is 0 Å². The smallest absolute Gasteiger partial charge is 0.325 e. The number of urea groups is 1. The largest absolute Gasteiger partial charge is 0.465 e. The van der Waals surface area contributed by atoms with Crippen molar-refractivity contribution < 1.29 is 19.1 Å². The van der Waals surface area contributed by atoms with E-state index in [-0.39, 0.29) is 25.5 Å². The number of imide groups is 1. The first kappa shape index (κ1) is 15.7. The maximum Gasteiger partial charge on any atom is 0.325 e. The summed E-state index contributed by atoms with van der Waals surface area (Å²) in [4.78, 5) is 35.0. The molecule has 0 saturated heterocycles. The van der Waals surface area contributed by atoms with Crippen LogP contribution in [0.15, 0.2) is 0 Å². The first-order valence-corrected chi connectivity index (χ1v) is 5.88. The number of alkyl halides is 1. The SMILES string of the molecule is CCOC(=O)CN(CC)C(=O)NC(=O)CCCl. The number of nitrogens with zero attached hydrogens (tertiary/aromatic N) is 1. The van der Waals surface area contributed by atoms with E-state index < -0.39 is 17.9 Å². The van der Waals surface area contributed by atoms with Crippen LogP contribution in [0.4, 0.5) is 4.79 Å². The lowest BCUT2D eigenvalue weighted by Crippen LogP contribution is -2.45. The molecule has 7 heteroatoms. The number of hydrogen-bond acceptors (Lipinski definition) is 4. The fourth-order valence-electron chi connectivity index (χ4n) is 1.04. The van der Waals surface area contributed by atoms with Crippen LogP contribution in [-0.4, -0.2) is 48.4 Å². The molecular weight excluding hydrogens is 248 g/mol. The number of likely N-dealkylation sites (N-methyl/N-ethyl adjacent to an activating group) is 1. The molecule has 0 bridgehead atoms. The van der Waals surface area contributed by atoms with Crippen molar-refractivity contribution in [1.82, 2.24) is 10.2 Å². The van der Waals surface area contributed by atoms with Gasteiger partial charge in [0.2, 0.25) is 5.91 Å². The van der Waals surface area contributed by atoms with Gasteiger partial charge in [0.05, 0.1) is 6.61 Å². The molecule has 0 spiro atoms. The summed E-state index contributed by atoms with van der Waals surface area (Å²) in [5.74, 6) is -0.829. The molecule has 1 N–H and O–H groups in total. The first-order chi connectivity index (χ1) is 8.04. The topological polar surface area (TPSA) is 75.7 Å². The van der Waals surface area contributed by atoms with Crippen LogP contribution in [-0.2, 0) is 14.3 Å². The van der Waals surface area contributed by atoms with Gasteiger partial charge in [-0.2, -0.15) is 0 Å². The molecule has 6 nitrogen and oxygen atoms in total. The van der Waals surface area contributed by atoms with E-state index in [0.717, 1.165) is 0 Å². The summed E-state index contributed by atoms with van der Waals surface area (Å²) >= 11 is 5.36. The van der Waals surface area contributed by atoms with Crippen LogP contribution >= 0.6 is 11.6 Å². The summed E-state index contributed by atoms with van der Waals surface area (Å²) in [6.07, 6.45) is 0.0598. The van der Waals surface area contributed by atoms with Crippen molar-refractivity contribution in [2.24, 2.45) is 0 Å². The number of carbonyl (C=O) groups excluding carboxylic acids is 3. The van der Waals surface area contributed by atoms with Crippen molar-refractivity contribution in [3.8, 4) is 0 Å². The molecule has 0 aliphatic heterocycles. The second kappa shape index (κ2) is 8.81. The molecule has 0 aromatic rings. The average Bonchev–Trinajstić information content (AvgIpc) is 2.26. The fourth-order valence-corrected chi connectivity index (χ4v) is 1.21. The molecule has 0 radical (unpaired) electrons. The summed E-state index contributed by atoms with van der Waals surface area (Å²) in [5.41, 5.74) is 0. The zero-order valence-corrected chi connectivity index (χ0v) is 10.7. The molecule has 0 heterocycles. The Morgan fingerprint density at radius 1 is 1.29 bits per heavy atom. The Morgan fingerprint density at radius 3 is 2.41 bits per heavy atom. The van der Waals surface area contributed by atoms with Gasteiger partial charge in [-0.05, 0) is 13.8 Å². The van der Waals surface area contributed by atoms with E-state index in [9.17, 15) is 14.4 Å². The molecule has 98 valence electrons. The van der Waals surface area contributed by atoms with Crippen molar-refractivity contribution >= 4 is 29.5 Å². The summed E-state index contributed by atoms with van der Waals surface area (Å²) in [7, 11) is 0. The lowest BCUT2D eigenvalue weighted by atomic mass is 10.4. The molecule has 0 aromatic heterocycles. The van der Waals surface area contributed by atoms with Crippen molar-refractivity contribution in [1.29, 1.82) is 0 Å². The van der Waals surface area contributed by atoms with Crippen LogP contribution in [0, 0.1) is 0 Å². The van der Waals surface area contributed by atoms with Gasteiger partial charge in [0, 0.05) is 18.8 Å². The maximum atomic E-state index is 11.5. The van der Waals surface area contributed by atoms with Crippen molar-refractivity contribution in [3.05, 3.63) is 0 Å². The van der Waals surface area contributed by atoms with Crippen LogP contribution in [0.5, 0.6) is 0 Å². The summed E-state index contributed by atoms with van der Waals surface area (Å²) < 4.78 is 4.71. The fraction of sp³-hybridized carbons (Fsp3) is 0.700. The van der Waals surface area contributed by atoms with Gasteiger partial charge in [-0.15, -0.1) is 11.6 Å². The van der Waals surface area contributed by atoms with Gasteiger partial charge in [0.25, 0.3) is 0 Å². The molecule has 0 aliphatic rings. The predicted molar refractivity (Wildman–Crippen MR) is 62.8 cm³/mol. The van der Waals surface area contributed by atoms with E-state index in [1.165, 1.54) is 4.90 Å². The number of rotatable bonds is 6. The predicted octanol–water partition coefficient (Wildman–Crippen LogP) is 0.737. The molecule has 0 saturated carbocycles. The Morgan fingerprint density at radius 2 is 1.94 bits per heavy atom. The number of nitrogens with one attached hydrogen (secondary N) is 1. The molecule has 17 heavy (non-hydrogen) atoms. The zero-order chi connectivity index (χ0) is 13.3. The van der Waals surface area contributed by atoms with Gasteiger partial charge < -0.3 is 9.64 Å². The maximum absolute atomic E-state index is 11.5. The molecule has 0 unspecified atom stereocenters. The summed E-state index contributed by atoms with van der Waals surface area (Å²) in [6.45, 7) is 3.76. The zero-order valence-electron chi connectivity index (χ0n) is 9.99. The lowest BCUT2D eigenvalue weighted by Gasteiger charge is -2.19. The van der Waals surface area contributed by atoms with Gasteiger partial charge in [-0.3, -0.25) is 14.9 Å². The number of carbonyl (C=O) groups is 3. The van der Waals surface area contributed by atoms with Crippen LogP contribution in [0.2, 0.25) is 0 Å². The molecule has 3 amide bonds. The highest BCUT2D eigenvalue weighted by atomic mass is 35.5. The van der Waals surface area contributed by atoms with Gasteiger partial charge in [0.15, 0.2) is 0 Å². The number of halogens is 1. The monoisotopic (exact) mass is 264 g/mol. The van der Waals surface area contributed by atoms with Crippen molar-refractivity contribution in [2.45, 2.75) is 20.3 Å². The average molecular weight is 265 g/mol. The van der Waals surface area contributed by atoms with Crippen molar-refractivity contribution in [3.63, 3.8) is 0 Å². The highest BCUT2D eigenvalue weighted by Crippen LogP contribution is 1.93. The van der Waals surface area contributed by atoms with Crippen LogP contribution < -0.4 is 5.32 Å². The highest BCUT2D eigenvalue weighted by molar-refractivity contribution is 6.19. The molecule has 0 aromatic carbocycles. The van der Waals surface area contributed by atoms with Crippen LogP contribution in [0.3, 0.4) is 0 Å². The minimum absolute atomic E-state index is 0.0598. The molecule has 0 aliphatic carbocycles. The molecule has 0 fully saturated rings. The quantitative estimate of drug-likeness (QED) is 0.567. The molecule has 0 rings (SSSR count). The van der Waals surface area contributed by atoms with Crippen LogP contribution in [0.25, 0.3) is 0 Å². The van der Waals surface area contributed by atoms with E-state index in [4.69, 9.17) is 16.3 Å². The van der Waals surface area contributed by atoms with Crippen LogP contribution in [0.1, 0.15) is 20.3 Å². The van der Waals surface area contributed by atoms with Gasteiger partial charge in [0.1, 0.15) is 6.54 Å². The number of hydrogen-bond donors (Lipinski definition) is 1. The Labute approximate surface area is 105 Å². The first-order valence-electron chi connectivity index (χ1n) is 5.35. The number of ether oxygens (including phenoxy) is 1. The molecule has 0 atom stereocenters. The Hall–Kier alpha value is -1.30. The van der Waals surface area contributed by atoms with E-state index >= 15 is 0 Å². The number of amides is 3. The number of esters is 1. The third-order valence-corrected chi connectivity index (χ3v) is 2.05. The van der Waals surface area contributed by atoms with E-state index in [1.54, 1.807) is 13.8 Å². The molecular formula is C10H17ClN2O4. The lowest BCUT2D eigenvalue weighted by molar-refractivity contribution is -0.143. The van der Waals surface area contributed by atoms with Gasteiger partial charge >= 0.3 is 12.0 Å². The summed E-state index contributed by atoms with van der Waals surface area (Å²) in [5, 5.41) is 2.14. The third-order valence-electron chi connectivity index (χ3n) is 1.86. The van der Waals surface area contributed by atoms with E-state index in [0.29, 0.717) is 6.54 Å². The van der Waals surface area contributed by atoms with Crippen molar-refractivity contribution in [2.75, 3.05) is 25.6 Å². The normalized spacial score (nSPS) is 9.59. The third kappa shape index (κ3) is 6.78. The summed E-state index contributed by atoms with van der Waals surface area (Å²) in [6, 6.07) is -0.615. The second-order valence-corrected chi connectivity index (χ2v) is 3.49.